The number of halogens is 1. The van der Waals surface area contributed by atoms with Gasteiger partial charge in [-0.05, 0) is 48.0 Å². The van der Waals surface area contributed by atoms with Crippen molar-refractivity contribution in [3.05, 3.63) is 45.8 Å². The van der Waals surface area contributed by atoms with Crippen molar-refractivity contribution in [2.24, 2.45) is 0 Å². The lowest BCUT2D eigenvalue weighted by molar-refractivity contribution is 0.102. The summed E-state index contributed by atoms with van der Waals surface area (Å²) in [7, 11) is 1.73. The van der Waals surface area contributed by atoms with Crippen molar-refractivity contribution in [1.82, 2.24) is 9.97 Å². The molecule has 0 saturated carbocycles. The van der Waals surface area contributed by atoms with Crippen LogP contribution in [0.3, 0.4) is 0 Å². The number of nitrogens with one attached hydrogen (secondary N) is 2. The summed E-state index contributed by atoms with van der Waals surface area (Å²) in [5, 5.41) is 5.76. The highest BCUT2D eigenvalue weighted by Crippen LogP contribution is 2.20. The van der Waals surface area contributed by atoms with Gasteiger partial charge in [-0.25, -0.2) is 4.98 Å². The quantitative estimate of drug-likeness (QED) is 0.904. The highest BCUT2D eigenvalue weighted by Gasteiger charge is 2.14. The van der Waals surface area contributed by atoms with Crippen molar-refractivity contribution < 1.29 is 4.79 Å². The zero-order valence-electron chi connectivity index (χ0n) is 11.5. The van der Waals surface area contributed by atoms with Crippen LogP contribution in [0.15, 0.2) is 28.9 Å². The van der Waals surface area contributed by atoms with Gasteiger partial charge in [0.25, 0.3) is 5.91 Å². The predicted octanol–water partition coefficient (Wildman–Crippen LogP) is 3.15. The van der Waals surface area contributed by atoms with Crippen LogP contribution in [-0.4, -0.2) is 22.9 Å². The van der Waals surface area contributed by atoms with Gasteiger partial charge in [0.1, 0.15) is 5.82 Å². The Labute approximate surface area is 126 Å². The van der Waals surface area contributed by atoms with Gasteiger partial charge in [0.05, 0.1) is 16.9 Å². The van der Waals surface area contributed by atoms with Crippen LogP contribution < -0.4 is 10.6 Å². The smallest absolute Gasteiger partial charge is 0.259 e. The van der Waals surface area contributed by atoms with Crippen LogP contribution in [0.2, 0.25) is 0 Å². The molecule has 2 N–H and O–H groups in total. The minimum Gasteiger partial charge on any atom is -0.372 e. The number of amides is 1. The van der Waals surface area contributed by atoms with Gasteiger partial charge in [-0.1, -0.05) is 0 Å². The molecule has 0 radical (unpaired) electrons. The van der Waals surface area contributed by atoms with Crippen LogP contribution >= 0.6 is 15.9 Å². The van der Waals surface area contributed by atoms with Gasteiger partial charge in [0, 0.05) is 23.4 Å². The van der Waals surface area contributed by atoms with Crippen molar-refractivity contribution in [2.45, 2.75) is 13.8 Å². The molecule has 5 nitrogen and oxygen atoms in total. The molecule has 0 spiro atoms. The van der Waals surface area contributed by atoms with Gasteiger partial charge in [-0.15, -0.1) is 0 Å². The number of aryl methyl sites for hydroxylation is 2. The molecule has 2 aromatic rings. The molecule has 0 aliphatic rings. The number of aromatic nitrogens is 2. The van der Waals surface area contributed by atoms with E-state index in [0.29, 0.717) is 17.1 Å². The predicted molar refractivity (Wildman–Crippen MR) is 83.1 cm³/mol. The summed E-state index contributed by atoms with van der Waals surface area (Å²) in [5.41, 5.74) is 2.87. The highest BCUT2D eigenvalue weighted by atomic mass is 79.9. The molecular weight excluding hydrogens is 320 g/mol. The Morgan fingerprint density at radius 2 is 2.05 bits per heavy atom. The number of nitrogens with zero attached hydrogens (tertiary/aromatic N) is 2. The normalized spacial score (nSPS) is 10.2. The van der Waals surface area contributed by atoms with Gasteiger partial charge in [-0.2, -0.15) is 0 Å². The summed E-state index contributed by atoms with van der Waals surface area (Å²) in [5.74, 6) is 0.306. The largest absolute Gasteiger partial charge is 0.372 e. The molecule has 6 heteroatoms. The molecule has 0 aromatic carbocycles. The maximum atomic E-state index is 12.3. The highest BCUT2D eigenvalue weighted by molar-refractivity contribution is 9.10. The maximum Gasteiger partial charge on any atom is 0.259 e. The van der Waals surface area contributed by atoms with E-state index in [-0.39, 0.29) is 5.91 Å². The lowest BCUT2D eigenvalue weighted by Gasteiger charge is -2.11. The third kappa shape index (κ3) is 3.14. The van der Waals surface area contributed by atoms with E-state index in [1.165, 1.54) is 0 Å². The molecule has 0 aliphatic heterocycles. The van der Waals surface area contributed by atoms with E-state index in [2.05, 4.69) is 36.5 Å². The number of hydrogen-bond donors (Lipinski definition) is 2. The molecule has 0 unspecified atom stereocenters. The van der Waals surface area contributed by atoms with E-state index < -0.39 is 0 Å². The number of pyridine rings is 2. The first-order valence-electron chi connectivity index (χ1n) is 6.10. The van der Waals surface area contributed by atoms with E-state index in [9.17, 15) is 4.79 Å². The standard InChI is InChI=1S/C14H15BrN4O/c1-8-4-5-12(9(2)18-8)19-14(20)11-6-10(15)7-17-13(11)16-3/h4-7H,1-3H3,(H,16,17)(H,19,20). The van der Waals surface area contributed by atoms with E-state index in [1.54, 1.807) is 19.3 Å². The number of carbonyl (C=O) groups excluding carboxylic acids is 1. The fourth-order valence-corrected chi connectivity index (χ4v) is 2.15. The zero-order valence-corrected chi connectivity index (χ0v) is 13.1. The van der Waals surface area contributed by atoms with E-state index in [0.717, 1.165) is 15.9 Å². The Morgan fingerprint density at radius 1 is 1.30 bits per heavy atom. The zero-order chi connectivity index (χ0) is 14.7. The molecule has 0 saturated heterocycles. The Hall–Kier alpha value is -1.95. The topological polar surface area (TPSA) is 66.9 Å². The number of rotatable bonds is 3. The molecule has 2 aromatic heterocycles. The average molecular weight is 335 g/mol. The van der Waals surface area contributed by atoms with Crippen molar-refractivity contribution in [3.8, 4) is 0 Å². The van der Waals surface area contributed by atoms with E-state index >= 15 is 0 Å². The monoisotopic (exact) mass is 334 g/mol. The number of carbonyl (C=O) groups is 1. The summed E-state index contributed by atoms with van der Waals surface area (Å²) in [6, 6.07) is 5.44. The van der Waals surface area contributed by atoms with Gasteiger partial charge in [0.2, 0.25) is 0 Å². The summed E-state index contributed by atoms with van der Waals surface area (Å²) >= 11 is 3.32. The third-order valence-electron chi connectivity index (χ3n) is 2.81. The first-order chi connectivity index (χ1) is 9.51. The van der Waals surface area contributed by atoms with Gasteiger partial charge < -0.3 is 10.6 Å². The van der Waals surface area contributed by atoms with Crippen molar-refractivity contribution >= 4 is 33.3 Å². The van der Waals surface area contributed by atoms with Crippen LogP contribution in [0, 0.1) is 13.8 Å². The molecule has 2 rings (SSSR count). The number of anilines is 2. The third-order valence-corrected chi connectivity index (χ3v) is 3.24. The number of hydrogen-bond acceptors (Lipinski definition) is 4. The van der Waals surface area contributed by atoms with Gasteiger partial charge in [-0.3, -0.25) is 9.78 Å². The second-order valence-corrected chi connectivity index (χ2v) is 5.26. The minimum atomic E-state index is -0.225. The van der Waals surface area contributed by atoms with Gasteiger partial charge >= 0.3 is 0 Å². The van der Waals surface area contributed by atoms with Crippen molar-refractivity contribution in [3.63, 3.8) is 0 Å². The Balaban J connectivity index is 2.30. The fraction of sp³-hybridized carbons (Fsp3) is 0.214. The molecule has 2 heterocycles. The molecule has 0 aliphatic carbocycles. The maximum absolute atomic E-state index is 12.3. The molecule has 0 atom stereocenters. The summed E-state index contributed by atoms with van der Waals surface area (Å²) in [6.07, 6.45) is 1.64. The van der Waals surface area contributed by atoms with Crippen molar-refractivity contribution in [2.75, 3.05) is 17.7 Å². The van der Waals surface area contributed by atoms with Crippen LogP contribution in [0.25, 0.3) is 0 Å². The van der Waals surface area contributed by atoms with Gasteiger partial charge in [0.15, 0.2) is 0 Å². The summed E-state index contributed by atoms with van der Waals surface area (Å²) in [6.45, 7) is 3.77. The second-order valence-electron chi connectivity index (χ2n) is 4.34. The van der Waals surface area contributed by atoms with E-state index in [4.69, 9.17) is 0 Å². The lowest BCUT2D eigenvalue weighted by Crippen LogP contribution is -2.16. The summed E-state index contributed by atoms with van der Waals surface area (Å²) < 4.78 is 0.750. The molecular formula is C14H15BrN4O. The molecule has 0 bridgehead atoms. The molecule has 104 valence electrons. The average Bonchev–Trinajstić information content (AvgIpc) is 2.41. The summed E-state index contributed by atoms with van der Waals surface area (Å²) in [4.78, 5) is 20.8. The Kier molecular flexibility index (Phi) is 4.34. The van der Waals surface area contributed by atoms with E-state index in [1.807, 2.05) is 26.0 Å². The lowest BCUT2D eigenvalue weighted by atomic mass is 10.2. The molecule has 1 amide bonds. The first-order valence-corrected chi connectivity index (χ1v) is 6.89. The molecule has 20 heavy (non-hydrogen) atoms. The Bertz CT molecular complexity index is 658. The minimum absolute atomic E-state index is 0.225. The fourth-order valence-electron chi connectivity index (χ4n) is 1.82. The van der Waals surface area contributed by atoms with Crippen molar-refractivity contribution in [1.29, 1.82) is 0 Å². The second kappa shape index (κ2) is 6.00. The SMILES string of the molecule is CNc1ncc(Br)cc1C(=O)Nc1ccc(C)nc1C. The first kappa shape index (κ1) is 14.5. The van der Waals surface area contributed by atoms with Crippen LogP contribution in [0.4, 0.5) is 11.5 Å². The molecule has 0 fully saturated rings. The Morgan fingerprint density at radius 3 is 2.70 bits per heavy atom. The van der Waals surface area contributed by atoms with Crippen LogP contribution in [0.5, 0.6) is 0 Å². The van der Waals surface area contributed by atoms with Crippen LogP contribution in [-0.2, 0) is 0 Å². The van der Waals surface area contributed by atoms with Crippen LogP contribution in [0.1, 0.15) is 21.7 Å².